The Labute approximate surface area is 151 Å². The van der Waals surface area contributed by atoms with E-state index in [0.29, 0.717) is 10.6 Å². The van der Waals surface area contributed by atoms with Crippen LogP contribution >= 0.6 is 22.7 Å². The van der Waals surface area contributed by atoms with Crippen LogP contribution in [0.3, 0.4) is 0 Å². The predicted molar refractivity (Wildman–Crippen MR) is 98.1 cm³/mol. The molecule has 0 amide bonds. The minimum absolute atomic E-state index is 0.111. The molecule has 0 aliphatic carbocycles. The lowest BCUT2D eigenvalue weighted by atomic mass is 10.1. The quantitative estimate of drug-likeness (QED) is 0.495. The monoisotopic (exact) mass is 391 g/mol. The summed E-state index contributed by atoms with van der Waals surface area (Å²) in [6.45, 7) is 0. The van der Waals surface area contributed by atoms with E-state index in [9.17, 15) is 12.8 Å². The van der Waals surface area contributed by atoms with Gasteiger partial charge in [0.1, 0.15) is 15.0 Å². The van der Waals surface area contributed by atoms with Crippen molar-refractivity contribution in [2.45, 2.75) is 4.21 Å². The number of hydrogen-bond donors (Lipinski definition) is 1. The number of halogens is 1. The van der Waals surface area contributed by atoms with Gasteiger partial charge in [0.25, 0.3) is 0 Å². The van der Waals surface area contributed by atoms with E-state index >= 15 is 0 Å². The van der Waals surface area contributed by atoms with E-state index in [1.165, 1.54) is 29.5 Å². The zero-order chi connectivity index (χ0) is 17.6. The summed E-state index contributed by atoms with van der Waals surface area (Å²) >= 11 is 2.38. The average molecular weight is 391 g/mol. The summed E-state index contributed by atoms with van der Waals surface area (Å²) in [6, 6.07) is 13.3. The SMILES string of the molecule is O=S(=O)(O)c1cc(-c2nc3cccc(-c4ccc(F)cc4)c3s2)cs1. The fraction of sp³-hybridized carbons (Fsp3) is 0. The minimum atomic E-state index is -4.22. The highest BCUT2D eigenvalue weighted by molar-refractivity contribution is 7.88. The maximum absolute atomic E-state index is 13.2. The molecule has 0 saturated heterocycles. The van der Waals surface area contributed by atoms with Crippen molar-refractivity contribution < 1.29 is 17.4 Å². The van der Waals surface area contributed by atoms with Gasteiger partial charge in [-0.25, -0.2) is 9.37 Å². The van der Waals surface area contributed by atoms with Crippen molar-refractivity contribution in [3.63, 3.8) is 0 Å². The minimum Gasteiger partial charge on any atom is -0.281 e. The first kappa shape index (κ1) is 16.3. The van der Waals surface area contributed by atoms with Gasteiger partial charge in [0.2, 0.25) is 0 Å². The summed E-state index contributed by atoms with van der Waals surface area (Å²) in [5.41, 5.74) is 3.24. The fourth-order valence-electron chi connectivity index (χ4n) is 2.49. The molecule has 2 aromatic heterocycles. The standard InChI is InChI=1S/C17H10FNO3S3/c18-12-6-4-10(5-7-12)13-2-1-3-14-16(13)24-17(19-14)11-8-15(23-9-11)25(20,21)22/h1-9H,(H,20,21,22). The van der Waals surface area contributed by atoms with Crippen molar-refractivity contribution in [3.05, 3.63) is 59.7 Å². The number of aromatic nitrogens is 1. The third kappa shape index (κ3) is 3.09. The summed E-state index contributed by atoms with van der Waals surface area (Å²) in [7, 11) is -4.22. The first-order valence-corrected chi connectivity index (χ1v) is 10.3. The predicted octanol–water partition coefficient (Wildman–Crippen LogP) is 5.08. The van der Waals surface area contributed by atoms with Crippen LogP contribution in [0.1, 0.15) is 0 Å². The van der Waals surface area contributed by atoms with Crippen molar-refractivity contribution in [1.29, 1.82) is 0 Å². The summed E-state index contributed by atoms with van der Waals surface area (Å²) in [5.74, 6) is -0.295. The number of thiophene rings is 1. The van der Waals surface area contributed by atoms with Crippen molar-refractivity contribution in [2.24, 2.45) is 0 Å². The third-order valence-corrected chi connectivity index (χ3v) is 7.07. The van der Waals surface area contributed by atoms with Crippen molar-refractivity contribution in [3.8, 4) is 21.7 Å². The molecular formula is C17H10FNO3S3. The van der Waals surface area contributed by atoms with Crippen LogP contribution in [0.5, 0.6) is 0 Å². The molecule has 25 heavy (non-hydrogen) atoms. The zero-order valence-corrected chi connectivity index (χ0v) is 15.0. The molecule has 0 aliphatic heterocycles. The molecule has 0 unspecified atom stereocenters. The molecule has 1 N–H and O–H groups in total. The van der Waals surface area contributed by atoms with Crippen LogP contribution in [0.2, 0.25) is 0 Å². The van der Waals surface area contributed by atoms with Gasteiger partial charge in [-0.2, -0.15) is 8.42 Å². The molecule has 4 nitrogen and oxygen atoms in total. The number of nitrogens with zero attached hydrogens (tertiary/aromatic N) is 1. The lowest BCUT2D eigenvalue weighted by molar-refractivity contribution is 0.485. The Kier molecular flexibility index (Phi) is 3.92. The van der Waals surface area contributed by atoms with E-state index in [-0.39, 0.29) is 10.0 Å². The van der Waals surface area contributed by atoms with E-state index in [1.807, 2.05) is 18.2 Å². The fourth-order valence-corrected chi connectivity index (χ4v) is 5.18. The van der Waals surface area contributed by atoms with Crippen molar-refractivity contribution in [2.75, 3.05) is 0 Å². The molecule has 0 atom stereocenters. The van der Waals surface area contributed by atoms with Crippen LogP contribution in [0.4, 0.5) is 4.39 Å². The van der Waals surface area contributed by atoms with Crippen molar-refractivity contribution in [1.82, 2.24) is 4.98 Å². The first-order chi connectivity index (χ1) is 11.9. The first-order valence-electron chi connectivity index (χ1n) is 7.14. The Balaban J connectivity index is 1.85. The lowest BCUT2D eigenvalue weighted by Crippen LogP contribution is -1.93. The second-order valence-corrected chi connectivity index (χ2v) is 8.87. The normalized spacial score (nSPS) is 11.9. The van der Waals surface area contributed by atoms with Gasteiger partial charge in [-0.15, -0.1) is 22.7 Å². The van der Waals surface area contributed by atoms with Gasteiger partial charge in [-0.3, -0.25) is 4.55 Å². The topological polar surface area (TPSA) is 67.3 Å². The van der Waals surface area contributed by atoms with Gasteiger partial charge in [0.05, 0.1) is 10.2 Å². The number of benzene rings is 2. The molecule has 4 rings (SSSR count). The molecule has 2 heterocycles. The van der Waals surface area contributed by atoms with E-state index in [4.69, 9.17) is 4.55 Å². The highest BCUT2D eigenvalue weighted by atomic mass is 32.3. The summed E-state index contributed by atoms with van der Waals surface area (Å²) in [6.07, 6.45) is 0. The number of rotatable bonds is 3. The Bertz CT molecular complexity index is 1180. The highest BCUT2D eigenvalue weighted by Gasteiger charge is 2.16. The van der Waals surface area contributed by atoms with Crippen LogP contribution in [0.25, 0.3) is 31.9 Å². The van der Waals surface area contributed by atoms with Gasteiger partial charge < -0.3 is 0 Å². The second kappa shape index (κ2) is 5.99. The molecule has 0 fully saturated rings. The van der Waals surface area contributed by atoms with Gasteiger partial charge in [-0.05, 0) is 29.8 Å². The van der Waals surface area contributed by atoms with Crippen molar-refractivity contribution >= 4 is 43.0 Å². The van der Waals surface area contributed by atoms with E-state index in [1.54, 1.807) is 17.5 Å². The molecule has 0 saturated carbocycles. The molecule has 0 spiro atoms. The van der Waals surface area contributed by atoms with Crippen LogP contribution in [0.15, 0.2) is 58.1 Å². The number of fused-ring (bicyclic) bond motifs is 1. The lowest BCUT2D eigenvalue weighted by Gasteiger charge is -2.02. The Morgan fingerprint density at radius 2 is 1.80 bits per heavy atom. The Morgan fingerprint density at radius 3 is 2.48 bits per heavy atom. The molecule has 8 heteroatoms. The van der Waals surface area contributed by atoms with Gasteiger partial charge >= 0.3 is 10.1 Å². The van der Waals surface area contributed by atoms with Crippen LogP contribution in [0, 0.1) is 5.82 Å². The largest absolute Gasteiger partial charge is 0.304 e. The highest BCUT2D eigenvalue weighted by Crippen LogP contribution is 2.38. The zero-order valence-electron chi connectivity index (χ0n) is 12.5. The molecular weight excluding hydrogens is 381 g/mol. The molecule has 0 radical (unpaired) electrons. The molecule has 2 aromatic carbocycles. The van der Waals surface area contributed by atoms with Crippen LogP contribution < -0.4 is 0 Å². The Morgan fingerprint density at radius 1 is 1.04 bits per heavy atom. The summed E-state index contributed by atoms with van der Waals surface area (Å²) in [5, 5.41) is 2.31. The van der Waals surface area contributed by atoms with Gasteiger partial charge in [-0.1, -0.05) is 24.3 Å². The molecule has 0 aliphatic rings. The molecule has 126 valence electrons. The van der Waals surface area contributed by atoms with Crippen LogP contribution in [-0.2, 0) is 10.1 Å². The maximum Gasteiger partial charge on any atom is 0.304 e. The Hall–Kier alpha value is -2.13. The third-order valence-electron chi connectivity index (χ3n) is 3.65. The number of thiazole rings is 1. The molecule has 0 bridgehead atoms. The van der Waals surface area contributed by atoms with Gasteiger partial charge in [0.15, 0.2) is 0 Å². The number of hydrogen-bond acceptors (Lipinski definition) is 5. The van der Waals surface area contributed by atoms with E-state index in [2.05, 4.69) is 4.98 Å². The van der Waals surface area contributed by atoms with Gasteiger partial charge in [0, 0.05) is 16.5 Å². The maximum atomic E-state index is 13.2. The second-order valence-electron chi connectivity index (χ2n) is 5.31. The van der Waals surface area contributed by atoms with E-state index in [0.717, 1.165) is 32.7 Å². The summed E-state index contributed by atoms with van der Waals surface area (Å²) < 4.78 is 45.6. The van der Waals surface area contributed by atoms with Crippen LogP contribution in [-0.4, -0.2) is 18.0 Å². The average Bonchev–Trinajstić information content (AvgIpc) is 3.21. The summed E-state index contributed by atoms with van der Waals surface area (Å²) in [4.78, 5) is 4.56. The smallest absolute Gasteiger partial charge is 0.281 e. The molecule has 4 aromatic rings. The van der Waals surface area contributed by atoms with E-state index < -0.39 is 10.1 Å².